The second-order valence-electron chi connectivity index (χ2n) is 3.71. The fourth-order valence-corrected chi connectivity index (χ4v) is 2.00. The number of aliphatic hydroxyl groups excluding tert-OH is 1. The molecule has 0 saturated heterocycles. The molecule has 0 aliphatic carbocycles. The van der Waals surface area contributed by atoms with E-state index in [-0.39, 0.29) is 10.3 Å². The van der Waals surface area contributed by atoms with Gasteiger partial charge >= 0.3 is 0 Å². The molecule has 1 atom stereocenters. The van der Waals surface area contributed by atoms with Gasteiger partial charge in [0.2, 0.25) is 5.12 Å². The Balaban J connectivity index is 2.25. The Labute approximate surface area is 103 Å². The summed E-state index contributed by atoms with van der Waals surface area (Å²) in [6.45, 7) is 1.70. The van der Waals surface area contributed by atoms with Crippen molar-refractivity contribution in [2.75, 3.05) is 0 Å². The minimum Gasteiger partial charge on any atom is -0.389 e. The van der Waals surface area contributed by atoms with E-state index >= 15 is 0 Å². The number of nitrogens with zero attached hydrogens (tertiary/aromatic N) is 1. The Hall–Kier alpha value is -1.59. The summed E-state index contributed by atoms with van der Waals surface area (Å²) < 4.78 is 0. The molecule has 1 aliphatic rings. The van der Waals surface area contributed by atoms with Crippen LogP contribution in [0.1, 0.15) is 24.2 Å². The van der Waals surface area contributed by atoms with E-state index in [0.29, 0.717) is 5.70 Å². The van der Waals surface area contributed by atoms with E-state index in [2.05, 4.69) is 4.99 Å². The molecule has 0 bridgehead atoms. The highest BCUT2D eigenvalue weighted by atomic mass is 32.2. The first-order valence-corrected chi connectivity index (χ1v) is 5.94. The van der Waals surface area contributed by atoms with Crippen molar-refractivity contribution >= 4 is 28.1 Å². The lowest BCUT2D eigenvalue weighted by molar-refractivity contribution is -0.107. The number of aliphatic imine (C=N–C) groups is 1. The Morgan fingerprint density at radius 1 is 1.41 bits per heavy atom. The molecule has 5 heteroatoms. The number of nitrogens with two attached hydrogens (primary N) is 1. The van der Waals surface area contributed by atoms with Crippen molar-refractivity contribution in [1.29, 1.82) is 0 Å². The lowest BCUT2D eigenvalue weighted by Gasteiger charge is -2.04. The lowest BCUT2D eigenvalue weighted by Crippen LogP contribution is -2.01. The van der Waals surface area contributed by atoms with E-state index < -0.39 is 6.10 Å². The van der Waals surface area contributed by atoms with Crippen molar-refractivity contribution in [3.63, 3.8) is 0 Å². The number of aliphatic hydroxyl groups is 1. The summed E-state index contributed by atoms with van der Waals surface area (Å²) >= 11 is 0.936. The van der Waals surface area contributed by atoms with Gasteiger partial charge in [-0.3, -0.25) is 4.79 Å². The number of hydrogen-bond acceptors (Lipinski definition) is 5. The molecule has 0 aromatic heterocycles. The number of rotatable bonds is 2. The highest BCUT2D eigenvalue weighted by Gasteiger charge is 2.19. The van der Waals surface area contributed by atoms with Crippen LogP contribution in [-0.2, 0) is 4.79 Å². The maximum absolute atomic E-state index is 11.4. The van der Waals surface area contributed by atoms with E-state index in [1.807, 2.05) is 24.3 Å². The Kier molecular flexibility index (Phi) is 3.31. The summed E-state index contributed by atoms with van der Waals surface area (Å²) in [7, 11) is 0. The van der Waals surface area contributed by atoms with Gasteiger partial charge in [0.05, 0.1) is 6.10 Å². The monoisotopic (exact) mass is 248 g/mol. The summed E-state index contributed by atoms with van der Waals surface area (Å²) in [5.41, 5.74) is 7.50. The summed E-state index contributed by atoms with van der Waals surface area (Å²) in [4.78, 5) is 15.4. The predicted octanol–water partition coefficient (Wildman–Crippen LogP) is 1.67. The van der Waals surface area contributed by atoms with Crippen LogP contribution in [0, 0.1) is 0 Å². The van der Waals surface area contributed by atoms with Gasteiger partial charge in [0, 0.05) is 0 Å². The molecular weight excluding hydrogens is 236 g/mol. The molecular formula is C12H12N2O2S. The topological polar surface area (TPSA) is 75.7 Å². The molecule has 0 spiro atoms. The Bertz CT molecular complexity index is 504. The quantitative estimate of drug-likeness (QED) is 0.781. The Morgan fingerprint density at radius 2 is 2.06 bits per heavy atom. The standard InChI is InChI=1S/C12H12N2O2S/c1-7(15)9-4-2-8(3-5-9)6-10-11(16)17-12(13)14-10/h2-7,15H,1H3,(H2,13,14)/b10-6+. The first kappa shape index (κ1) is 11.9. The van der Waals surface area contributed by atoms with Crippen molar-refractivity contribution in [2.45, 2.75) is 13.0 Å². The van der Waals surface area contributed by atoms with Crippen molar-refractivity contribution in [3.05, 3.63) is 41.1 Å². The molecule has 88 valence electrons. The second-order valence-corrected chi connectivity index (χ2v) is 4.70. The van der Waals surface area contributed by atoms with Gasteiger partial charge in [0.25, 0.3) is 0 Å². The minimum atomic E-state index is -0.492. The van der Waals surface area contributed by atoms with Gasteiger partial charge in [-0.15, -0.1) is 0 Å². The van der Waals surface area contributed by atoms with Crippen LogP contribution in [0.15, 0.2) is 35.0 Å². The molecule has 2 rings (SSSR count). The SMILES string of the molecule is CC(O)c1ccc(/C=C2/N=C(N)SC2=O)cc1. The summed E-state index contributed by atoms with van der Waals surface area (Å²) in [6, 6.07) is 7.29. The third-order valence-electron chi connectivity index (χ3n) is 2.36. The van der Waals surface area contributed by atoms with Gasteiger partial charge < -0.3 is 10.8 Å². The van der Waals surface area contributed by atoms with Crippen LogP contribution in [0.4, 0.5) is 0 Å². The molecule has 0 amide bonds. The van der Waals surface area contributed by atoms with Crippen LogP contribution in [0.2, 0.25) is 0 Å². The lowest BCUT2D eigenvalue weighted by atomic mass is 10.1. The summed E-state index contributed by atoms with van der Waals surface area (Å²) in [5.74, 6) is 0. The average Bonchev–Trinajstić information content (AvgIpc) is 2.58. The first-order chi connectivity index (χ1) is 8.06. The van der Waals surface area contributed by atoms with Crippen molar-refractivity contribution in [3.8, 4) is 0 Å². The molecule has 0 radical (unpaired) electrons. The van der Waals surface area contributed by atoms with Gasteiger partial charge in [-0.2, -0.15) is 0 Å². The number of hydrogen-bond donors (Lipinski definition) is 2. The largest absolute Gasteiger partial charge is 0.389 e. The van der Waals surface area contributed by atoms with Gasteiger partial charge in [-0.05, 0) is 35.9 Å². The van der Waals surface area contributed by atoms with Crippen LogP contribution in [0.5, 0.6) is 0 Å². The summed E-state index contributed by atoms with van der Waals surface area (Å²) in [5, 5.41) is 9.51. The maximum Gasteiger partial charge on any atom is 0.245 e. The van der Waals surface area contributed by atoms with E-state index in [1.54, 1.807) is 13.0 Å². The Morgan fingerprint density at radius 3 is 2.53 bits per heavy atom. The van der Waals surface area contributed by atoms with Gasteiger partial charge in [-0.25, -0.2) is 4.99 Å². The molecule has 4 nitrogen and oxygen atoms in total. The third kappa shape index (κ3) is 2.75. The molecule has 1 aliphatic heterocycles. The molecule has 0 saturated carbocycles. The molecule has 3 N–H and O–H groups in total. The van der Waals surface area contributed by atoms with E-state index in [0.717, 1.165) is 22.9 Å². The molecule has 0 fully saturated rings. The zero-order chi connectivity index (χ0) is 12.4. The van der Waals surface area contributed by atoms with E-state index in [9.17, 15) is 9.90 Å². The maximum atomic E-state index is 11.4. The second kappa shape index (κ2) is 4.73. The average molecular weight is 248 g/mol. The predicted molar refractivity (Wildman–Crippen MR) is 69.3 cm³/mol. The molecule has 17 heavy (non-hydrogen) atoms. The van der Waals surface area contributed by atoms with Crippen LogP contribution in [0.3, 0.4) is 0 Å². The minimum absolute atomic E-state index is 0.137. The normalized spacial score (nSPS) is 19.5. The van der Waals surface area contributed by atoms with E-state index in [4.69, 9.17) is 5.73 Å². The number of carbonyl (C=O) groups excluding carboxylic acids is 1. The zero-order valence-electron chi connectivity index (χ0n) is 9.25. The van der Waals surface area contributed by atoms with Crippen LogP contribution in [-0.4, -0.2) is 15.4 Å². The third-order valence-corrected chi connectivity index (χ3v) is 3.05. The molecule has 1 heterocycles. The zero-order valence-corrected chi connectivity index (χ0v) is 10.1. The van der Waals surface area contributed by atoms with Gasteiger partial charge in [-0.1, -0.05) is 24.3 Å². The van der Waals surface area contributed by atoms with Gasteiger partial charge in [0.1, 0.15) is 5.70 Å². The van der Waals surface area contributed by atoms with Crippen LogP contribution in [0.25, 0.3) is 6.08 Å². The van der Waals surface area contributed by atoms with Crippen molar-refractivity contribution < 1.29 is 9.90 Å². The van der Waals surface area contributed by atoms with Gasteiger partial charge in [0.15, 0.2) is 5.17 Å². The molecule has 1 unspecified atom stereocenters. The van der Waals surface area contributed by atoms with Crippen molar-refractivity contribution in [2.24, 2.45) is 10.7 Å². The van der Waals surface area contributed by atoms with E-state index in [1.165, 1.54) is 0 Å². The molecule has 1 aromatic rings. The highest BCUT2D eigenvalue weighted by Crippen LogP contribution is 2.23. The van der Waals surface area contributed by atoms with Crippen molar-refractivity contribution in [1.82, 2.24) is 0 Å². The number of benzene rings is 1. The number of thioether (sulfide) groups is 1. The smallest absolute Gasteiger partial charge is 0.245 e. The fraction of sp³-hybridized carbons (Fsp3) is 0.167. The van der Waals surface area contributed by atoms with Crippen LogP contribution >= 0.6 is 11.8 Å². The number of carbonyl (C=O) groups is 1. The first-order valence-electron chi connectivity index (χ1n) is 5.12. The molecule has 1 aromatic carbocycles. The fourth-order valence-electron chi connectivity index (χ4n) is 1.45. The highest BCUT2D eigenvalue weighted by molar-refractivity contribution is 8.27. The summed E-state index contributed by atoms with van der Waals surface area (Å²) in [6.07, 6.45) is 1.19. The van der Waals surface area contributed by atoms with Crippen LogP contribution < -0.4 is 5.73 Å². The number of amidine groups is 1.